The van der Waals surface area contributed by atoms with Crippen molar-refractivity contribution in [2.24, 2.45) is 5.92 Å². The zero-order valence-electron chi connectivity index (χ0n) is 12.3. The van der Waals surface area contributed by atoms with Crippen molar-refractivity contribution in [1.82, 2.24) is 15.3 Å². The smallest absolute Gasteiger partial charge is 0.297 e. The van der Waals surface area contributed by atoms with Crippen molar-refractivity contribution >= 4 is 6.01 Å². The van der Waals surface area contributed by atoms with Gasteiger partial charge in [0.15, 0.2) is 0 Å². The van der Waals surface area contributed by atoms with Gasteiger partial charge in [-0.25, -0.2) is 0 Å². The molecule has 0 atom stereocenters. The van der Waals surface area contributed by atoms with E-state index in [4.69, 9.17) is 4.42 Å². The lowest BCUT2D eigenvalue weighted by Gasteiger charge is -2.13. The van der Waals surface area contributed by atoms with Crippen molar-refractivity contribution in [3.8, 4) is 0 Å². The van der Waals surface area contributed by atoms with Crippen molar-refractivity contribution in [3.05, 3.63) is 42.0 Å². The molecule has 0 saturated carbocycles. The molecular formula is C15H22N4O. The van der Waals surface area contributed by atoms with Crippen molar-refractivity contribution in [2.75, 3.05) is 18.5 Å². The molecule has 0 saturated heterocycles. The van der Waals surface area contributed by atoms with Crippen LogP contribution in [0, 0.1) is 5.92 Å². The molecule has 20 heavy (non-hydrogen) atoms. The summed E-state index contributed by atoms with van der Waals surface area (Å²) in [5, 5.41) is 3.35. The van der Waals surface area contributed by atoms with Crippen LogP contribution in [0.5, 0.6) is 0 Å². The highest BCUT2D eigenvalue weighted by molar-refractivity contribution is 5.26. The summed E-state index contributed by atoms with van der Waals surface area (Å²) >= 11 is 0. The third-order valence-electron chi connectivity index (χ3n) is 2.85. The number of nitrogens with one attached hydrogen (secondary N) is 1. The number of pyridine rings is 1. The Kier molecular flexibility index (Phi) is 5.12. The van der Waals surface area contributed by atoms with Gasteiger partial charge in [-0.3, -0.25) is 4.98 Å². The molecule has 0 radical (unpaired) electrons. The first-order valence-corrected chi connectivity index (χ1v) is 6.91. The fourth-order valence-electron chi connectivity index (χ4n) is 1.84. The molecule has 0 bridgehead atoms. The second kappa shape index (κ2) is 7.05. The lowest BCUT2D eigenvalue weighted by molar-refractivity contribution is 0.534. The summed E-state index contributed by atoms with van der Waals surface area (Å²) in [4.78, 5) is 10.7. The number of hydrogen-bond acceptors (Lipinski definition) is 5. The number of oxazole rings is 1. The fraction of sp³-hybridized carbons (Fsp3) is 0.467. The zero-order chi connectivity index (χ0) is 14.4. The van der Waals surface area contributed by atoms with Crippen molar-refractivity contribution < 1.29 is 4.42 Å². The molecule has 0 aliphatic rings. The molecule has 0 amide bonds. The molecule has 0 unspecified atom stereocenters. The SMILES string of the molecule is CC(C)CNCc1coc(N(C)Cc2ccccn2)n1. The minimum Gasteiger partial charge on any atom is -0.432 e. The Morgan fingerprint density at radius 3 is 2.85 bits per heavy atom. The quantitative estimate of drug-likeness (QED) is 0.840. The Bertz CT molecular complexity index is 510. The van der Waals surface area contributed by atoms with E-state index in [0.717, 1.165) is 24.5 Å². The van der Waals surface area contributed by atoms with Gasteiger partial charge < -0.3 is 14.6 Å². The first-order chi connectivity index (χ1) is 9.65. The minimum atomic E-state index is 0.622. The van der Waals surface area contributed by atoms with E-state index in [1.807, 2.05) is 30.1 Å². The topological polar surface area (TPSA) is 54.2 Å². The highest BCUT2D eigenvalue weighted by Crippen LogP contribution is 2.14. The van der Waals surface area contributed by atoms with Gasteiger partial charge in [0.2, 0.25) is 0 Å². The van der Waals surface area contributed by atoms with Gasteiger partial charge in [0, 0.05) is 19.8 Å². The second-order valence-corrected chi connectivity index (χ2v) is 5.32. The van der Waals surface area contributed by atoms with Gasteiger partial charge >= 0.3 is 0 Å². The van der Waals surface area contributed by atoms with E-state index in [9.17, 15) is 0 Å². The molecule has 0 aliphatic carbocycles. The molecule has 0 spiro atoms. The largest absolute Gasteiger partial charge is 0.432 e. The molecule has 2 heterocycles. The molecule has 0 aliphatic heterocycles. The predicted octanol–water partition coefficient (Wildman–Crippen LogP) is 2.45. The first kappa shape index (κ1) is 14.5. The summed E-state index contributed by atoms with van der Waals surface area (Å²) in [6, 6.07) is 6.50. The minimum absolute atomic E-state index is 0.622. The van der Waals surface area contributed by atoms with Crippen molar-refractivity contribution in [3.63, 3.8) is 0 Å². The van der Waals surface area contributed by atoms with Crippen LogP contribution < -0.4 is 10.2 Å². The maximum atomic E-state index is 5.50. The van der Waals surface area contributed by atoms with E-state index in [0.29, 0.717) is 18.5 Å². The maximum absolute atomic E-state index is 5.50. The van der Waals surface area contributed by atoms with Gasteiger partial charge in [0.05, 0.1) is 17.9 Å². The number of anilines is 1. The van der Waals surface area contributed by atoms with Crippen LogP contribution >= 0.6 is 0 Å². The summed E-state index contributed by atoms with van der Waals surface area (Å²) in [5.41, 5.74) is 1.92. The van der Waals surface area contributed by atoms with Crippen LogP contribution in [0.1, 0.15) is 25.2 Å². The number of hydrogen-bond donors (Lipinski definition) is 1. The Morgan fingerprint density at radius 1 is 1.30 bits per heavy atom. The fourth-order valence-corrected chi connectivity index (χ4v) is 1.84. The Labute approximate surface area is 120 Å². The normalized spacial score (nSPS) is 11.0. The average Bonchev–Trinajstić information content (AvgIpc) is 2.88. The zero-order valence-corrected chi connectivity index (χ0v) is 12.3. The average molecular weight is 274 g/mol. The summed E-state index contributed by atoms with van der Waals surface area (Å²) in [5.74, 6) is 0.633. The number of nitrogens with zero attached hydrogens (tertiary/aromatic N) is 3. The number of rotatable bonds is 7. The highest BCUT2D eigenvalue weighted by Gasteiger charge is 2.10. The molecule has 0 aromatic carbocycles. The van der Waals surface area contributed by atoms with E-state index in [2.05, 4.69) is 29.1 Å². The van der Waals surface area contributed by atoms with Crippen LogP contribution in [0.3, 0.4) is 0 Å². The molecule has 5 heteroatoms. The van der Waals surface area contributed by atoms with Crippen LogP contribution in [0.25, 0.3) is 0 Å². The van der Waals surface area contributed by atoms with Crippen molar-refractivity contribution in [1.29, 1.82) is 0 Å². The summed E-state index contributed by atoms with van der Waals surface area (Å²) in [7, 11) is 1.95. The van der Waals surface area contributed by atoms with Crippen LogP contribution in [0.4, 0.5) is 6.01 Å². The molecule has 108 valence electrons. The van der Waals surface area contributed by atoms with Gasteiger partial charge in [0.1, 0.15) is 6.26 Å². The third kappa shape index (κ3) is 4.35. The summed E-state index contributed by atoms with van der Waals surface area (Å²) in [6.45, 7) is 6.76. The maximum Gasteiger partial charge on any atom is 0.297 e. The molecule has 1 N–H and O–H groups in total. The molecular weight excluding hydrogens is 252 g/mol. The molecule has 0 fully saturated rings. The van der Waals surface area contributed by atoms with E-state index >= 15 is 0 Å². The van der Waals surface area contributed by atoms with Gasteiger partial charge in [0.25, 0.3) is 6.01 Å². The van der Waals surface area contributed by atoms with Crippen LogP contribution in [0.2, 0.25) is 0 Å². The van der Waals surface area contributed by atoms with Gasteiger partial charge in [-0.1, -0.05) is 19.9 Å². The predicted molar refractivity (Wildman–Crippen MR) is 79.4 cm³/mol. The van der Waals surface area contributed by atoms with Gasteiger partial charge in [-0.15, -0.1) is 0 Å². The third-order valence-corrected chi connectivity index (χ3v) is 2.85. The monoisotopic (exact) mass is 274 g/mol. The molecule has 5 nitrogen and oxygen atoms in total. The lowest BCUT2D eigenvalue weighted by atomic mass is 10.2. The Balaban J connectivity index is 1.88. The van der Waals surface area contributed by atoms with Crippen LogP contribution in [0.15, 0.2) is 35.1 Å². The summed E-state index contributed by atoms with van der Waals surface area (Å²) < 4.78 is 5.50. The highest BCUT2D eigenvalue weighted by atomic mass is 16.4. The van der Waals surface area contributed by atoms with Gasteiger partial charge in [-0.2, -0.15) is 4.98 Å². The van der Waals surface area contributed by atoms with E-state index in [1.54, 1.807) is 12.5 Å². The van der Waals surface area contributed by atoms with E-state index in [-0.39, 0.29) is 0 Å². The van der Waals surface area contributed by atoms with Crippen LogP contribution in [-0.4, -0.2) is 23.6 Å². The molecule has 2 rings (SSSR count). The molecule has 2 aromatic heterocycles. The Morgan fingerprint density at radius 2 is 2.15 bits per heavy atom. The number of aromatic nitrogens is 2. The summed E-state index contributed by atoms with van der Waals surface area (Å²) in [6.07, 6.45) is 3.50. The second-order valence-electron chi connectivity index (χ2n) is 5.32. The van der Waals surface area contributed by atoms with E-state index < -0.39 is 0 Å². The molecule has 2 aromatic rings. The van der Waals surface area contributed by atoms with Crippen LogP contribution in [-0.2, 0) is 13.1 Å². The van der Waals surface area contributed by atoms with Gasteiger partial charge in [-0.05, 0) is 24.6 Å². The lowest BCUT2D eigenvalue weighted by Crippen LogP contribution is -2.20. The standard InChI is InChI=1S/C15H22N4O/c1-12(2)8-16-9-14-11-20-15(18-14)19(3)10-13-6-4-5-7-17-13/h4-7,11-12,16H,8-10H2,1-3H3. The van der Waals surface area contributed by atoms with Crippen molar-refractivity contribution in [2.45, 2.75) is 26.9 Å². The first-order valence-electron chi connectivity index (χ1n) is 6.91. The van der Waals surface area contributed by atoms with E-state index in [1.165, 1.54) is 0 Å². The Hall–Kier alpha value is -1.88.